The molecule has 4 unspecified atom stereocenters. The molecule has 0 radical (unpaired) electrons. The summed E-state index contributed by atoms with van der Waals surface area (Å²) in [6.07, 6.45) is 15.4. The highest BCUT2D eigenvalue weighted by molar-refractivity contribution is 4.86. The fourth-order valence-corrected chi connectivity index (χ4v) is 7.71. The predicted molar refractivity (Wildman–Crippen MR) is 154 cm³/mol. The highest BCUT2D eigenvalue weighted by Gasteiger charge is 2.32. The van der Waals surface area contributed by atoms with Gasteiger partial charge in [0, 0.05) is 37.8 Å². The van der Waals surface area contributed by atoms with E-state index in [1.54, 1.807) is 0 Å². The number of nitrogens with zero attached hydrogens (tertiary/aromatic N) is 2. The summed E-state index contributed by atoms with van der Waals surface area (Å²) in [4.78, 5) is 5.69. The van der Waals surface area contributed by atoms with Gasteiger partial charge in [-0.05, 0) is 127 Å². The fourth-order valence-electron chi connectivity index (χ4n) is 7.71. The van der Waals surface area contributed by atoms with Gasteiger partial charge in [-0.1, -0.05) is 41.0 Å². The molecule has 2 saturated heterocycles. The summed E-state index contributed by atoms with van der Waals surface area (Å²) in [5.74, 6) is 5.37. The van der Waals surface area contributed by atoms with Crippen LogP contribution >= 0.6 is 0 Å². The lowest BCUT2D eigenvalue weighted by molar-refractivity contribution is 0.0625. The minimum absolute atomic E-state index is 0.669. The van der Waals surface area contributed by atoms with Crippen LogP contribution in [0.1, 0.15) is 119 Å². The van der Waals surface area contributed by atoms with Crippen molar-refractivity contribution in [2.24, 2.45) is 35.5 Å². The number of piperidine rings is 2. The van der Waals surface area contributed by atoms with Crippen LogP contribution in [-0.4, -0.2) is 60.6 Å². The summed E-state index contributed by atoms with van der Waals surface area (Å²) in [5, 5.41) is 4.00. The van der Waals surface area contributed by atoms with Crippen LogP contribution < -0.4 is 5.32 Å². The first-order valence-electron chi connectivity index (χ1n) is 16.0. The van der Waals surface area contributed by atoms with E-state index in [9.17, 15) is 0 Å². The molecular weight excluding hydrogens is 426 g/mol. The van der Waals surface area contributed by atoms with Crippen molar-refractivity contribution in [3.8, 4) is 0 Å². The molecule has 206 valence electrons. The molecule has 0 aromatic heterocycles. The molecule has 2 heterocycles. The Bertz CT molecular complexity index is 567. The smallest absolute Gasteiger partial charge is 0.00701 e. The topological polar surface area (TPSA) is 18.5 Å². The Morgan fingerprint density at radius 1 is 0.800 bits per heavy atom. The Balaban J connectivity index is 1.40. The summed E-state index contributed by atoms with van der Waals surface area (Å²) < 4.78 is 0. The second kappa shape index (κ2) is 14.7. The second-order valence-electron chi connectivity index (χ2n) is 13.9. The molecule has 35 heavy (non-hydrogen) atoms. The van der Waals surface area contributed by atoms with Crippen LogP contribution in [0, 0.1) is 35.5 Å². The summed E-state index contributed by atoms with van der Waals surface area (Å²) in [6, 6.07) is 2.20. The van der Waals surface area contributed by atoms with Gasteiger partial charge in [0.2, 0.25) is 0 Å². The van der Waals surface area contributed by atoms with E-state index in [1.807, 2.05) is 0 Å². The number of likely N-dealkylation sites (tertiary alicyclic amines) is 2. The van der Waals surface area contributed by atoms with Gasteiger partial charge in [-0.15, -0.1) is 0 Å². The van der Waals surface area contributed by atoms with Crippen molar-refractivity contribution in [3.63, 3.8) is 0 Å². The van der Waals surface area contributed by atoms with E-state index in [1.165, 1.54) is 103 Å². The van der Waals surface area contributed by atoms with Gasteiger partial charge in [0.05, 0.1) is 0 Å². The van der Waals surface area contributed by atoms with Crippen LogP contribution in [0.25, 0.3) is 0 Å². The van der Waals surface area contributed by atoms with Crippen molar-refractivity contribution >= 4 is 0 Å². The molecule has 0 amide bonds. The van der Waals surface area contributed by atoms with E-state index in [2.05, 4.69) is 63.6 Å². The fraction of sp³-hybridized carbons (Fsp3) is 1.00. The third-order valence-electron chi connectivity index (χ3n) is 10.4. The number of nitrogens with one attached hydrogen (secondary N) is 1. The maximum absolute atomic E-state index is 4.00. The minimum Gasteiger partial charge on any atom is -0.312 e. The summed E-state index contributed by atoms with van der Waals surface area (Å²) in [6.45, 7) is 23.8. The second-order valence-corrected chi connectivity index (χ2v) is 13.9. The van der Waals surface area contributed by atoms with E-state index < -0.39 is 0 Å². The molecule has 5 atom stereocenters. The van der Waals surface area contributed by atoms with Gasteiger partial charge in [-0.3, -0.25) is 0 Å². The van der Waals surface area contributed by atoms with Crippen LogP contribution in [0.4, 0.5) is 0 Å². The van der Waals surface area contributed by atoms with E-state index in [0.717, 1.165) is 47.6 Å². The van der Waals surface area contributed by atoms with Crippen molar-refractivity contribution in [2.75, 3.05) is 32.7 Å². The zero-order valence-electron chi connectivity index (χ0n) is 24.9. The van der Waals surface area contributed by atoms with Gasteiger partial charge in [0.15, 0.2) is 0 Å². The van der Waals surface area contributed by atoms with Crippen molar-refractivity contribution in [2.45, 2.75) is 137 Å². The Hall–Kier alpha value is -0.120. The zero-order valence-corrected chi connectivity index (χ0v) is 24.9. The highest BCUT2D eigenvalue weighted by Crippen LogP contribution is 2.33. The minimum atomic E-state index is 0.669. The molecule has 1 N–H and O–H groups in total. The molecule has 3 fully saturated rings. The first-order valence-corrected chi connectivity index (χ1v) is 16.0. The number of rotatable bonds is 12. The third-order valence-corrected chi connectivity index (χ3v) is 10.4. The van der Waals surface area contributed by atoms with Gasteiger partial charge in [-0.2, -0.15) is 0 Å². The van der Waals surface area contributed by atoms with E-state index >= 15 is 0 Å². The molecule has 0 aromatic carbocycles. The van der Waals surface area contributed by atoms with Gasteiger partial charge in [-0.25, -0.2) is 0 Å². The van der Waals surface area contributed by atoms with Gasteiger partial charge in [0.1, 0.15) is 0 Å². The molecule has 2 aliphatic heterocycles. The normalized spacial score (nSPS) is 33.3. The Kier molecular flexibility index (Phi) is 12.4. The first-order chi connectivity index (χ1) is 16.7. The molecule has 0 spiro atoms. The highest BCUT2D eigenvalue weighted by atomic mass is 15.2. The van der Waals surface area contributed by atoms with Gasteiger partial charge in [0.25, 0.3) is 0 Å². The molecule has 0 aromatic rings. The maximum atomic E-state index is 4.00. The van der Waals surface area contributed by atoms with Gasteiger partial charge < -0.3 is 15.1 Å². The molecule has 1 saturated carbocycles. The Labute approximate surface area is 220 Å². The van der Waals surface area contributed by atoms with Crippen molar-refractivity contribution in [1.82, 2.24) is 15.1 Å². The van der Waals surface area contributed by atoms with Crippen molar-refractivity contribution in [1.29, 1.82) is 0 Å². The molecular formula is C32H63N3. The number of hydrogen-bond acceptors (Lipinski definition) is 3. The summed E-state index contributed by atoms with van der Waals surface area (Å²) in [5.41, 5.74) is 0. The van der Waals surface area contributed by atoms with Gasteiger partial charge >= 0.3 is 0 Å². The van der Waals surface area contributed by atoms with E-state index in [4.69, 9.17) is 0 Å². The average Bonchev–Trinajstić information content (AvgIpc) is 2.84. The molecule has 0 bridgehead atoms. The lowest BCUT2D eigenvalue weighted by Crippen LogP contribution is -2.46. The Morgan fingerprint density at radius 2 is 1.51 bits per heavy atom. The predicted octanol–water partition coefficient (Wildman–Crippen LogP) is 7.45. The van der Waals surface area contributed by atoms with Crippen LogP contribution in [0.3, 0.4) is 0 Å². The monoisotopic (exact) mass is 490 g/mol. The van der Waals surface area contributed by atoms with E-state index in [0.29, 0.717) is 6.04 Å². The largest absolute Gasteiger partial charge is 0.312 e. The first kappa shape index (κ1) is 29.4. The lowest BCUT2D eigenvalue weighted by Gasteiger charge is -2.43. The lowest BCUT2D eigenvalue weighted by atomic mass is 9.79. The quantitative estimate of drug-likeness (QED) is 0.307. The molecule has 3 aliphatic rings. The van der Waals surface area contributed by atoms with Crippen LogP contribution in [0.5, 0.6) is 0 Å². The summed E-state index contributed by atoms with van der Waals surface area (Å²) in [7, 11) is 0. The SMILES string of the molecule is CC[C@@H]1CCCN(C(C)CC2CC(C(C)C)CN(CCCC(C)N[C@H]3CC[C@@H](C(C)C)CC3)C2)C1. The van der Waals surface area contributed by atoms with Crippen LogP contribution in [-0.2, 0) is 0 Å². The standard InChI is InChI=1S/C32H63N3/c1-8-28-12-10-18-35(22-28)27(7)19-29-20-31(25(4)5)23-34(21-29)17-9-11-26(6)33-32-15-13-30(14-16-32)24(2)3/h24-33H,8-23H2,1-7H3/t26?,27?,28-,29?,30-,31?,32+/m1/s1. The van der Waals surface area contributed by atoms with E-state index in [-0.39, 0.29) is 0 Å². The van der Waals surface area contributed by atoms with Crippen molar-refractivity contribution < 1.29 is 0 Å². The Morgan fingerprint density at radius 3 is 2.17 bits per heavy atom. The average molecular weight is 490 g/mol. The molecule has 3 heteroatoms. The van der Waals surface area contributed by atoms with Crippen LogP contribution in [0.15, 0.2) is 0 Å². The zero-order chi connectivity index (χ0) is 25.4. The number of hydrogen-bond donors (Lipinski definition) is 1. The molecule has 1 aliphatic carbocycles. The van der Waals surface area contributed by atoms with Crippen molar-refractivity contribution in [3.05, 3.63) is 0 Å². The maximum Gasteiger partial charge on any atom is 0.00701 e. The summed E-state index contributed by atoms with van der Waals surface area (Å²) >= 11 is 0. The molecule has 3 nitrogen and oxygen atoms in total. The third kappa shape index (κ3) is 9.60. The molecule has 3 rings (SSSR count). The van der Waals surface area contributed by atoms with Crippen LogP contribution in [0.2, 0.25) is 0 Å².